The molecule has 0 unspecified atom stereocenters. The lowest BCUT2D eigenvalue weighted by molar-refractivity contribution is -0.127. The minimum Gasteiger partial charge on any atom is -0.494 e. The summed E-state index contributed by atoms with van der Waals surface area (Å²) in [6, 6.07) is 11.2. The minimum atomic E-state index is -3.80. The van der Waals surface area contributed by atoms with Crippen molar-refractivity contribution in [3.8, 4) is 11.5 Å². The highest BCUT2D eigenvalue weighted by Gasteiger charge is 2.37. The Bertz CT molecular complexity index is 1020. The predicted octanol–water partition coefficient (Wildman–Crippen LogP) is 4.05. The van der Waals surface area contributed by atoms with E-state index < -0.39 is 15.4 Å². The van der Waals surface area contributed by atoms with E-state index in [1.807, 2.05) is 27.7 Å². The van der Waals surface area contributed by atoms with Crippen molar-refractivity contribution in [3.63, 3.8) is 0 Å². The van der Waals surface area contributed by atoms with Crippen LogP contribution < -0.4 is 19.1 Å². The molecule has 3 rings (SSSR count). The van der Waals surface area contributed by atoms with Gasteiger partial charge >= 0.3 is 0 Å². The molecule has 1 aliphatic heterocycles. The van der Waals surface area contributed by atoms with Crippen molar-refractivity contribution in [1.82, 2.24) is 0 Å². The van der Waals surface area contributed by atoms with Crippen LogP contribution in [0.5, 0.6) is 11.5 Å². The first-order chi connectivity index (χ1) is 14.2. The lowest BCUT2D eigenvalue weighted by Gasteiger charge is -2.28. The zero-order chi connectivity index (χ0) is 21.9. The molecule has 1 aliphatic rings. The Labute approximate surface area is 178 Å². The SMILES string of the molecule is CCCN1C(=O)C(C)(C)COc2ccc(NS(=O)(=O)c3ccc(OCC)cc3)cc21. The van der Waals surface area contributed by atoms with E-state index >= 15 is 0 Å². The van der Waals surface area contributed by atoms with Crippen molar-refractivity contribution in [2.75, 3.05) is 29.4 Å². The number of hydrogen-bond acceptors (Lipinski definition) is 5. The maximum Gasteiger partial charge on any atom is 0.261 e. The summed E-state index contributed by atoms with van der Waals surface area (Å²) in [6.45, 7) is 8.83. The number of nitrogens with zero attached hydrogens (tertiary/aromatic N) is 1. The number of anilines is 2. The third kappa shape index (κ3) is 4.53. The Balaban J connectivity index is 1.92. The number of carbonyl (C=O) groups is 1. The summed E-state index contributed by atoms with van der Waals surface area (Å²) >= 11 is 0. The molecule has 0 aliphatic carbocycles. The fourth-order valence-corrected chi connectivity index (χ4v) is 4.30. The normalized spacial score (nSPS) is 15.7. The van der Waals surface area contributed by atoms with E-state index in [-0.39, 0.29) is 17.4 Å². The van der Waals surface area contributed by atoms with E-state index in [1.54, 1.807) is 35.2 Å². The number of ether oxygens (including phenoxy) is 2. The number of carbonyl (C=O) groups excluding carboxylic acids is 1. The van der Waals surface area contributed by atoms with Gasteiger partial charge in [0, 0.05) is 6.54 Å². The van der Waals surface area contributed by atoms with Gasteiger partial charge in [-0.05, 0) is 69.7 Å². The van der Waals surface area contributed by atoms with Gasteiger partial charge in [-0.15, -0.1) is 0 Å². The highest BCUT2D eigenvalue weighted by molar-refractivity contribution is 7.92. The van der Waals surface area contributed by atoms with Crippen molar-refractivity contribution in [1.29, 1.82) is 0 Å². The topological polar surface area (TPSA) is 84.9 Å². The first-order valence-electron chi connectivity index (χ1n) is 10.0. The summed E-state index contributed by atoms with van der Waals surface area (Å²) in [5, 5.41) is 0. The van der Waals surface area contributed by atoms with Gasteiger partial charge in [0.15, 0.2) is 0 Å². The molecule has 8 heteroatoms. The number of fused-ring (bicyclic) bond motifs is 1. The van der Waals surface area contributed by atoms with Crippen LogP contribution in [0.4, 0.5) is 11.4 Å². The van der Waals surface area contributed by atoms with Crippen LogP contribution >= 0.6 is 0 Å². The summed E-state index contributed by atoms with van der Waals surface area (Å²) in [4.78, 5) is 14.8. The van der Waals surface area contributed by atoms with E-state index in [9.17, 15) is 13.2 Å². The quantitative estimate of drug-likeness (QED) is 0.714. The Hall–Kier alpha value is -2.74. The van der Waals surface area contributed by atoms with Gasteiger partial charge in [-0.2, -0.15) is 0 Å². The maximum atomic E-state index is 13.0. The monoisotopic (exact) mass is 432 g/mol. The van der Waals surface area contributed by atoms with E-state index in [2.05, 4.69) is 4.72 Å². The maximum absolute atomic E-state index is 13.0. The van der Waals surface area contributed by atoms with Crippen molar-refractivity contribution in [2.24, 2.45) is 5.41 Å². The molecule has 0 aromatic heterocycles. The van der Waals surface area contributed by atoms with Crippen LogP contribution in [-0.2, 0) is 14.8 Å². The fraction of sp³-hybridized carbons (Fsp3) is 0.409. The minimum absolute atomic E-state index is 0.0466. The first-order valence-corrected chi connectivity index (χ1v) is 11.5. The fourth-order valence-electron chi connectivity index (χ4n) is 3.25. The molecule has 0 radical (unpaired) electrons. The van der Waals surface area contributed by atoms with Crippen molar-refractivity contribution < 1.29 is 22.7 Å². The highest BCUT2D eigenvalue weighted by Crippen LogP contribution is 2.38. The van der Waals surface area contributed by atoms with Gasteiger partial charge < -0.3 is 14.4 Å². The third-order valence-corrected chi connectivity index (χ3v) is 6.20. The van der Waals surface area contributed by atoms with Crippen LogP contribution in [0.2, 0.25) is 0 Å². The zero-order valence-electron chi connectivity index (χ0n) is 17.8. The molecule has 0 fully saturated rings. The number of nitrogens with one attached hydrogen (secondary N) is 1. The van der Waals surface area contributed by atoms with Crippen LogP contribution in [-0.4, -0.2) is 34.1 Å². The molecule has 0 spiro atoms. The molecule has 162 valence electrons. The summed E-state index contributed by atoms with van der Waals surface area (Å²) in [5.41, 5.74) is 0.259. The van der Waals surface area contributed by atoms with Crippen LogP contribution in [0, 0.1) is 5.41 Å². The summed E-state index contributed by atoms with van der Waals surface area (Å²) in [5.74, 6) is 1.12. The van der Waals surface area contributed by atoms with Gasteiger partial charge in [0.25, 0.3) is 10.0 Å². The number of hydrogen-bond donors (Lipinski definition) is 1. The van der Waals surface area contributed by atoms with Gasteiger partial charge in [0.2, 0.25) is 5.91 Å². The van der Waals surface area contributed by atoms with Crippen molar-refractivity contribution in [2.45, 2.75) is 39.0 Å². The van der Waals surface area contributed by atoms with E-state index in [4.69, 9.17) is 9.47 Å². The van der Waals surface area contributed by atoms with Gasteiger partial charge in [0.05, 0.1) is 28.3 Å². The molecule has 0 atom stereocenters. The standard InChI is InChI=1S/C22H28N2O5S/c1-5-13-24-19-14-16(7-12-20(19)29-15-22(3,4)21(24)25)23-30(26,27)18-10-8-17(9-11-18)28-6-2/h7-12,14,23H,5-6,13,15H2,1-4H3. The number of sulfonamides is 1. The second-order valence-corrected chi connectivity index (χ2v) is 9.50. The first kappa shape index (κ1) is 22.0. The summed E-state index contributed by atoms with van der Waals surface area (Å²) in [7, 11) is -3.80. The largest absolute Gasteiger partial charge is 0.494 e. The van der Waals surface area contributed by atoms with E-state index in [0.29, 0.717) is 36.0 Å². The highest BCUT2D eigenvalue weighted by atomic mass is 32.2. The number of amides is 1. The predicted molar refractivity (Wildman–Crippen MR) is 117 cm³/mol. The molecule has 2 aromatic rings. The van der Waals surface area contributed by atoms with Crippen LogP contribution in [0.1, 0.15) is 34.1 Å². The van der Waals surface area contributed by atoms with Gasteiger partial charge in [-0.25, -0.2) is 8.42 Å². The lowest BCUT2D eigenvalue weighted by Crippen LogP contribution is -2.42. The summed E-state index contributed by atoms with van der Waals surface area (Å²) < 4.78 is 39.5. The number of benzene rings is 2. The van der Waals surface area contributed by atoms with E-state index in [1.165, 1.54) is 12.1 Å². The Morgan fingerprint density at radius 1 is 1.13 bits per heavy atom. The average molecular weight is 433 g/mol. The second-order valence-electron chi connectivity index (χ2n) is 7.82. The average Bonchev–Trinajstić information content (AvgIpc) is 2.79. The summed E-state index contributed by atoms with van der Waals surface area (Å²) in [6.07, 6.45) is 0.767. The number of rotatable bonds is 7. The van der Waals surface area contributed by atoms with Gasteiger partial charge in [-0.3, -0.25) is 9.52 Å². The van der Waals surface area contributed by atoms with Crippen molar-refractivity contribution >= 4 is 27.3 Å². The molecule has 1 N–H and O–H groups in total. The Morgan fingerprint density at radius 2 is 1.83 bits per heavy atom. The smallest absolute Gasteiger partial charge is 0.261 e. The molecule has 1 heterocycles. The van der Waals surface area contributed by atoms with Crippen LogP contribution in [0.15, 0.2) is 47.4 Å². The van der Waals surface area contributed by atoms with Crippen molar-refractivity contribution in [3.05, 3.63) is 42.5 Å². The molecule has 1 amide bonds. The molecule has 0 saturated carbocycles. The molecular weight excluding hydrogens is 404 g/mol. The third-order valence-electron chi connectivity index (χ3n) is 4.81. The van der Waals surface area contributed by atoms with E-state index in [0.717, 1.165) is 6.42 Å². The molecule has 30 heavy (non-hydrogen) atoms. The zero-order valence-corrected chi connectivity index (χ0v) is 18.6. The molecular formula is C22H28N2O5S. The molecule has 0 bridgehead atoms. The van der Waals surface area contributed by atoms with Gasteiger partial charge in [0.1, 0.15) is 18.1 Å². The molecule has 7 nitrogen and oxygen atoms in total. The Morgan fingerprint density at radius 3 is 2.47 bits per heavy atom. The van der Waals surface area contributed by atoms with Gasteiger partial charge in [-0.1, -0.05) is 6.92 Å². The second kappa shape index (κ2) is 8.55. The molecule has 0 saturated heterocycles. The Kier molecular flexibility index (Phi) is 6.26. The van der Waals surface area contributed by atoms with Crippen LogP contribution in [0.3, 0.4) is 0 Å². The lowest BCUT2D eigenvalue weighted by atomic mass is 9.93. The molecule has 2 aromatic carbocycles. The van der Waals surface area contributed by atoms with Crippen LogP contribution in [0.25, 0.3) is 0 Å².